The SMILES string of the molecule is O=C(CCSc1nc2ccccc2s1)NCCNc1cnccn1. The van der Waals surface area contributed by atoms with Crippen molar-refractivity contribution in [3.8, 4) is 0 Å². The number of carbonyl (C=O) groups excluding carboxylic acids is 1. The zero-order valence-electron chi connectivity index (χ0n) is 12.9. The Kier molecular flexibility index (Phi) is 5.97. The van der Waals surface area contributed by atoms with E-state index in [2.05, 4.69) is 31.7 Å². The van der Waals surface area contributed by atoms with Crippen molar-refractivity contribution in [3.63, 3.8) is 0 Å². The van der Waals surface area contributed by atoms with E-state index < -0.39 is 0 Å². The number of hydrogen-bond donors (Lipinski definition) is 2. The van der Waals surface area contributed by atoms with E-state index in [1.807, 2.05) is 18.2 Å². The Morgan fingerprint density at radius 2 is 2.12 bits per heavy atom. The number of thiazole rings is 1. The maximum absolute atomic E-state index is 11.8. The third-order valence-electron chi connectivity index (χ3n) is 3.15. The number of nitrogens with zero attached hydrogens (tertiary/aromatic N) is 3. The Bertz CT molecular complexity index is 760. The Balaban J connectivity index is 1.32. The highest BCUT2D eigenvalue weighted by atomic mass is 32.2. The normalized spacial score (nSPS) is 10.7. The second-order valence-electron chi connectivity index (χ2n) is 4.91. The second-order valence-corrected chi connectivity index (χ2v) is 7.29. The summed E-state index contributed by atoms with van der Waals surface area (Å²) in [5, 5.41) is 5.98. The minimum Gasteiger partial charge on any atom is -0.367 e. The molecular weight excluding hydrogens is 342 g/mol. The van der Waals surface area contributed by atoms with Crippen molar-refractivity contribution >= 4 is 45.0 Å². The van der Waals surface area contributed by atoms with E-state index in [-0.39, 0.29) is 5.91 Å². The second kappa shape index (κ2) is 8.60. The van der Waals surface area contributed by atoms with E-state index in [9.17, 15) is 4.79 Å². The first-order valence-electron chi connectivity index (χ1n) is 7.56. The Labute approximate surface area is 148 Å². The molecule has 2 N–H and O–H groups in total. The van der Waals surface area contributed by atoms with Crippen LogP contribution < -0.4 is 10.6 Å². The van der Waals surface area contributed by atoms with Crippen molar-refractivity contribution in [3.05, 3.63) is 42.9 Å². The summed E-state index contributed by atoms with van der Waals surface area (Å²) >= 11 is 3.29. The molecule has 0 bridgehead atoms. The highest BCUT2D eigenvalue weighted by molar-refractivity contribution is 8.01. The number of carbonyl (C=O) groups is 1. The average Bonchev–Trinajstić information content (AvgIpc) is 3.02. The van der Waals surface area contributed by atoms with E-state index in [4.69, 9.17) is 0 Å². The van der Waals surface area contributed by atoms with Crippen LogP contribution in [0.15, 0.2) is 47.2 Å². The summed E-state index contributed by atoms with van der Waals surface area (Å²) in [6, 6.07) is 8.07. The number of thioether (sulfide) groups is 1. The number of rotatable bonds is 8. The molecule has 0 fully saturated rings. The smallest absolute Gasteiger partial charge is 0.220 e. The first-order chi connectivity index (χ1) is 11.8. The minimum atomic E-state index is 0.0459. The molecule has 0 aliphatic rings. The van der Waals surface area contributed by atoms with Crippen molar-refractivity contribution in [2.75, 3.05) is 24.2 Å². The van der Waals surface area contributed by atoms with Gasteiger partial charge in [-0.25, -0.2) is 9.97 Å². The summed E-state index contributed by atoms with van der Waals surface area (Å²) in [5.74, 6) is 1.48. The molecular formula is C16H17N5OS2. The van der Waals surface area contributed by atoms with Gasteiger partial charge in [0.25, 0.3) is 0 Å². The van der Waals surface area contributed by atoms with Crippen LogP contribution in [0.3, 0.4) is 0 Å². The van der Waals surface area contributed by atoms with Gasteiger partial charge in [0.05, 0.1) is 16.4 Å². The lowest BCUT2D eigenvalue weighted by Crippen LogP contribution is -2.29. The lowest BCUT2D eigenvalue weighted by atomic mass is 10.3. The maximum atomic E-state index is 11.8. The number of benzene rings is 1. The molecule has 0 atom stereocenters. The largest absolute Gasteiger partial charge is 0.367 e. The average molecular weight is 359 g/mol. The van der Waals surface area contributed by atoms with E-state index in [1.165, 1.54) is 4.70 Å². The first-order valence-corrected chi connectivity index (χ1v) is 9.36. The molecule has 8 heteroatoms. The van der Waals surface area contributed by atoms with Gasteiger partial charge in [-0.15, -0.1) is 11.3 Å². The monoisotopic (exact) mass is 359 g/mol. The van der Waals surface area contributed by atoms with Crippen molar-refractivity contribution in [1.82, 2.24) is 20.3 Å². The van der Waals surface area contributed by atoms with E-state index in [0.29, 0.717) is 25.3 Å². The van der Waals surface area contributed by atoms with Crippen molar-refractivity contribution in [2.45, 2.75) is 10.8 Å². The molecule has 1 aromatic carbocycles. The number of amides is 1. The first kappa shape index (κ1) is 16.7. The zero-order chi connectivity index (χ0) is 16.6. The summed E-state index contributed by atoms with van der Waals surface area (Å²) in [5.41, 5.74) is 1.02. The molecule has 2 heterocycles. The quantitative estimate of drug-likeness (QED) is 0.476. The lowest BCUT2D eigenvalue weighted by Gasteiger charge is -2.06. The maximum Gasteiger partial charge on any atom is 0.220 e. The summed E-state index contributed by atoms with van der Waals surface area (Å²) in [6.07, 6.45) is 5.37. The molecule has 0 aliphatic heterocycles. The molecule has 0 unspecified atom stereocenters. The van der Waals surface area contributed by atoms with Crippen LogP contribution in [0.2, 0.25) is 0 Å². The topological polar surface area (TPSA) is 79.8 Å². The van der Waals surface area contributed by atoms with Crippen molar-refractivity contribution in [1.29, 1.82) is 0 Å². The van der Waals surface area contributed by atoms with Crippen molar-refractivity contribution in [2.24, 2.45) is 0 Å². The van der Waals surface area contributed by atoms with Gasteiger partial charge < -0.3 is 10.6 Å². The van der Waals surface area contributed by atoms with Crippen LogP contribution in [-0.2, 0) is 4.79 Å². The van der Waals surface area contributed by atoms with Crippen LogP contribution in [0, 0.1) is 0 Å². The third-order valence-corrected chi connectivity index (χ3v) is 5.33. The van der Waals surface area contributed by atoms with Crippen LogP contribution in [0.25, 0.3) is 10.2 Å². The summed E-state index contributed by atoms with van der Waals surface area (Å²) in [7, 11) is 0. The molecule has 3 rings (SSSR count). The number of hydrogen-bond acceptors (Lipinski definition) is 7. The van der Waals surface area contributed by atoms with Crippen LogP contribution in [0.1, 0.15) is 6.42 Å². The Hall–Kier alpha value is -2.19. The molecule has 124 valence electrons. The molecule has 3 aromatic rings. The summed E-state index contributed by atoms with van der Waals surface area (Å²) < 4.78 is 2.19. The predicted molar refractivity (Wildman–Crippen MR) is 98.5 cm³/mol. The third kappa shape index (κ3) is 4.90. The van der Waals surface area contributed by atoms with E-state index >= 15 is 0 Å². The molecule has 0 saturated carbocycles. The number of anilines is 1. The summed E-state index contributed by atoms with van der Waals surface area (Å²) in [4.78, 5) is 24.4. The van der Waals surface area contributed by atoms with E-state index in [1.54, 1.807) is 41.7 Å². The van der Waals surface area contributed by atoms with Gasteiger partial charge >= 0.3 is 0 Å². The van der Waals surface area contributed by atoms with Gasteiger partial charge in [0, 0.05) is 37.7 Å². The molecule has 6 nitrogen and oxygen atoms in total. The summed E-state index contributed by atoms with van der Waals surface area (Å²) in [6.45, 7) is 1.18. The molecule has 0 radical (unpaired) electrons. The van der Waals surface area contributed by atoms with Crippen LogP contribution in [0.4, 0.5) is 5.82 Å². The fraction of sp³-hybridized carbons (Fsp3) is 0.250. The van der Waals surface area contributed by atoms with Gasteiger partial charge in [0.2, 0.25) is 5.91 Å². The molecule has 1 amide bonds. The number of nitrogens with one attached hydrogen (secondary N) is 2. The highest BCUT2D eigenvalue weighted by Gasteiger charge is 2.06. The molecule has 24 heavy (non-hydrogen) atoms. The minimum absolute atomic E-state index is 0.0459. The molecule has 0 spiro atoms. The van der Waals surface area contributed by atoms with Gasteiger partial charge in [0.1, 0.15) is 5.82 Å². The Morgan fingerprint density at radius 3 is 2.96 bits per heavy atom. The lowest BCUT2D eigenvalue weighted by molar-refractivity contribution is -0.120. The molecule has 0 aliphatic carbocycles. The molecule has 0 saturated heterocycles. The zero-order valence-corrected chi connectivity index (χ0v) is 14.6. The fourth-order valence-corrected chi connectivity index (χ4v) is 4.09. The Morgan fingerprint density at radius 1 is 1.21 bits per heavy atom. The number of aromatic nitrogens is 3. The van der Waals surface area contributed by atoms with Gasteiger partial charge in [0.15, 0.2) is 4.34 Å². The van der Waals surface area contributed by atoms with Crippen LogP contribution in [-0.4, -0.2) is 39.7 Å². The highest BCUT2D eigenvalue weighted by Crippen LogP contribution is 2.29. The fourth-order valence-electron chi connectivity index (χ4n) is 2.02. The van der Waals surface area contributed by atoms with Gasteiger partial charge in [-0.3, -0.25) is 9.78 Å². The van der Waals surface area contributed by atoms with Gasteiger partial charge in [-0.1, -0.05) is 23.9 Å². The van der Waals surface area contributed by atoms with E-state index in [0.717, 1.165) is 15.6 Å². The van der Waals surface area contributed by atoms with Crippen LogP contribution >= 0.6 is 23.1 Å². The molecule has 2 aromatic heterocycles. The number of fused-ring (bicyclic) bond motifs is 1. The van der Waals surface area contributed by atoms with Crippen molar-refractivity contribution < 1.29 is 4.79 Å². The van der Waals surface area contributed by atoms with Gasteiger partial charge in [-0.05, 0) is 12.1 Å². The standard InChI is InChI=1S/C16H17N5OS2/c22-15(20-9-8-19-14-11-17-6-7-18-14)5-10-23-16-21-12-3-1-2-4-13(12)24-16/h1-4,6-7,11H,5,8-10H2,(H,18,19)(H,20,22). The van der Waals surface area contributed by atoms with Gasteiger partial charge in [-0.2, -0.15) is 0 Å². The number of para-hydroxylation sites is 1. The predicted octanol–water partition coefficient (Wildman–Crippen LogP) is 2.80. The van der Waals surface area contributed by atoms with Crippen LogP contribution in [0.5, 0.6) is 0 Å².